The van der Waals surface area contributed by atoms with Gasteiger partial charge in [-0.2, -0.15) is 26.9 Å². The van der Waals surface area contributed by atoms with Crippen LogP contribution >= 0.6 is 0 Å². The Balaban J connectivity index is 1.33. The van der Waals surface area contributed by atoms with Crippen molar-refractivity contribution in [3.63, 3.8) is 0 Å². The molecule has 2 saturated heterocycles. The summed E-state index contributed by atoms with van der Waals surface area (Å²) in [6, 6.07) is 9.94. The molecule has 0 spiro atoms. The van der Waals surface area contributed by atoms with E-state index in [-0.39, 0.29) is 42.3 Å². The van der Waals surface area contributed by atoms with Crippen LogP contribution in [0.1, 0.15) is 61.9 Å². The Morgan fingerprint density at radius 1 is 1.02 bits per heavy atom. The van der Waals surface area contributed by atoms with Crippen LogP contribution in [-0.4, -0.2) is 79.3 Å². The van der Waals surface area contributed by atoms with E-state index < -0.39 is 33.9 Å². The highest BCUT2D eigenvalue weighted by Gasteiger charge is 2.39. The van der Waals surface area contributed by atoms with Gasteiger partial charge in [-0.1, -0.05) is 12.1 Å². The first-order valence-corrected chi connectivity index (χ1v) is 16.9. The number of carbonyl (C=O) groups is 2. The van der Waals surface area contributed by atoms with Gasteiger partial charge < -0.3 is 20.4 Å². The van der Waals surface area contributed by atoms with Crippen molar-refractivity contribution in [2.24, 2.45) is 5.92 Å². The number of rotatable bonds is 13. The van der Waals surface area contributed by atoms with Crippen LogP contribution in [0.4, 0.5) is 24.8 Å². The summed E-state index contributed by atoms with van der Waals surface area (Å²) in [5, 5.41) is 14.3. The number of alkyl halides is 3. The molecule has 1 unspecified atom stereocenters. The van der Waals surface area contributed by atoms with Crippen molar-refractivity contribution in [2.45, 2.75) is 63.6 Å². The number of benzene rings is 1. The fourth-order valence-corrected chi connectivity index (χ4v) is 6.14. The highest BCUT2D eigenvalue weighted by Crippen LogP contribution is 2.34. The molecule has 12 nitrogen and oxygen atoms in total. The zero-order valence-corrected chi connectivity index (χ0v) is 26.1. The van der Waals surface area contributed by atoms with Crippen molar-refractivity contribution in [1.82, 2.24) is 20.6 Å². The lowest BCUT2D eigenvalue weighted by Crippen LogP contribution is -2.44. The van der Waals surface area contributed by atoms with E-state index >= 15 is 0 Å². The zero-order valence-electron chi connectivity index (χ0n) is 25.3. The van der Waals surface area contributed by atoms with Gasteiger partial charge in [0.1, 0.15) is 17.7 Å². The van der Waals surface area contributed by atoms with Gasteiger partial charge in [0, 0.05) is 45.2 Å². The summed E-state index contributed by atoms with van der Waals surface area (Å²) < 4.78 is 72.0. The Kier molecular flexibility index (Phi) is 11.8. The Hall–Kier alpha value is -3.97. The number of aromatic nitrogens is 2. The molecule has 4 rings (SSSR count). The van der Waals surface area contributed by atoms with Crippen LogP contribution in [0.2, 0.25) is 0 Å². The fourth-order valence-electron chi connectivity index (χ4n) is 5.78. The van der Waals surface area contributed by atoms with Crippen LogP contribution in [0.3, 0.4) is 0 Å². The van der Waals surface area contributed by atoms with Gasteiger partial charge in [-0.25, -0.2) is 9.97 Å². The van der Waals surface area contributed by atoms with E-state index in [0.717, 1.165) is 12.0 Å². The maximum atomic E-state index is 13.9. The number of nitrogens with zero attached hydrogens (tertiary/aromatic N) is 5. The first kappa shape index (κ1) is 34.9. The second-order valence-corrected chi connectivity index (χ2v) is 13.1. The third kappa shape index (κ3) is 10.3. The number of piperidine rings is 1. The number of anilines is 2. The van der Waals surface area contributed by atoms with Gasteiger partial charge in [-0.05, 0) is 68.6 Å². The molecule has 250 valence electrons. The Bertz CT molecular complexity index is 1510. The van der Waals surface area contributed by atoms with E-state index in [2.05, 4.69) is 26.7 Å². The lowest BCUT2D eigenvalue weighted by molar-refractivity contribution is -0.144. The van der Waals surface area contributed by atoms with Crippen LogP contribution in [0.5, 0.6) is 0 Å². The second-order valence-electron chi connectivity index (χ2n) is 11.6. The molecule has 1 aromatic heterocycles. The minimum absolute atomic E-state index is 0.0594. The van der Waals surface area contributed by atoms with E-state index in [1.165, 1.54) is 6.07 Å². The van der Waals surface area contributed by atoms with Crippen molar-refractivity contribution in [3.05, 3.63) is 47.3 Å². The van der Waals surface area contributed by atoms with Crippen molar-refractivity contribution in [2.75, 3.05) is 48.3 Å². The normalized spacial score (nSPS) is 17.5. The maximum absolute atomic E-state index is 13.9. The molecule has 2 fully saturated rings. The first-order chi connectivity index (χ1) is 21.8. The molecule has 0 bridgehead atoms. The summed E-state index contributed by atoms with van der Waals surface area (Å²) in [5.74, 6) is -1.92. The third-order valence-electron chi connectivity index (χ3n) is 8.24. The van der Waals surface area contributed by atoms with Gasteiger partial charge >= 0.3 is 6.18 Å². The topological polar surface area (TPSA) is 169 Å². The Morgan fingerprint density at radius 2 is 1.72 bits per heavy atom. The molecule has 2 amide bonds. The molecule has 16 heteroatoms. The average Bonchev–Trinajstić information content (AvgIpc) is 3.51. The number of nitriles is 1. The highest BCUT2D eigenvalue weighted by atomic mass is 32.2. The standard InChI is InChI=1S/C30H38F3N7O5S/c31-30(32,33)29-37-25(39-16-11-21(12-17-39)3-1-5-27(41)35-14-18-46(43,44)45)19-26(38-29)40-15-2-4-24(40)28(42)36-13-10-22-6-8-23(20-34)9-7-22/h6-9,19,21,24H,1-5,10-18H2,(H,35,41)(H,36,42)(H,43,44,45). The van der Waals surface area contributed by atoms with Gasteiger partial charge in [0.2, 0.25) is 17.6 Å². The van der Waals surface area contributed by atoms with E-state index in [9.17, 15) is 31.2 Å². The molecule has 0 aliphatic carbocycles. The number of nitrogens with one attached hydrogen (secondary N) is 2. The largest absolute Gasteiger partial charge is 0.451 e. The smallest absolute Gasteiger partial charge is 0.356 e. The second kappa shape index (κ2) is 15.5. The third-order valence-corrected chi connectivity index (χ3v) is 8.96. The zero-order chi connectivity index (χ0) is 33.3. The number of amides is 2. The summed E-state index contributed by atoms with van der Waals surface area (Å²) in [5.41, 5.74) is 1.48. The Labute approximate surface area is 266 Å². The van der Waals surface area contributed by atoms with Crippen LogP contribution in [0.25, 0.3) is 0 Å². The molecular weight excluding hydrogens is 627 g/mol. The Morgan fingerprint density at radius 3 is 2.37 bits per heavy atom. The van der Waals surface area contributed by atoms with E-state index in [1.54, 1.807) is 21.9 Å². The van der Waals surface area contributed by atoms with Crippen LogP contribution in [0.15, 0.2) is 30.3 Å². The molecule has 1 atom stereocenters. The number of hydrogen-bond donors (Lipinski definition) is 3. The molecule has 0 saturated carbocycles. The monoisotopic (exact) mass is 665 g/mol. The van der Waals surface area contributed by atoms with Gasteiger partial charge in [-0.3, -0.25) is 14.1 Å². The molecule has 46 heavy (non-hydrogen) atoms. The lowest BCUT2D eigenvalue weighted by Gasteiger charge is -2.34. The highest BCUT2D eigenvalue weighted by molar-refractivity contribution is 7.85. The molecule has 0 radical (unpaired) electrons. The predicted octanol–water partition coefficient (Wildman–Crippen LogP) is 3.09. The summed E-state index contributed by atoms with van der Waals surface area (Å²) >= 11 is 0. The molecule has 3 N–H and O–H groups in total. The van der Waals surface area contributed by atoms with E-state index in [0.29, 0.717) is 70.3 Å². The number of hydrogen-bond acceptors (Lipinski definition) is 9. The molecule has 2 aromatic rings. The number of carbonyl (C=O) groups excluding carboxylic acids is 2. The van der Waals surface area contributed by atoms with E-state index in [4.69, 9.17) is 9.81 Å². The summed E-state index contributed by atoms with van der Waals surface area (Å²) in [4.78, 5) is 36.1. The van der Waals surface area contributed by atoms with Gasteiger partial charge in [0.15, 0.2) is 0 Å². The minimum Gasteiger partial charge on any atom is -0.356 e. The maximum Gasteiger partial charge on any atom is 0.451 e. The quantitative estimate of drug-likeness (QED) is 0.271. The molecule has 2 aliphatic rings. The van der Waals surface area contributed by atoms with Crippen molar-refractivity contribution < 1.29 is 35.7 Å². The SMILES string of the molecule is N#Cc1ccc(CCNC(=O)C2CCCN2c2cc(N3CCC(CCCC(=O)NCCS(=O)(=O)O)CC3)nc(C(F)(F)F)n2)cc1. The predicted molar refractivity (Wildman–Crippen MR) is 163 cm³/mol. The summed E-state index contributed by atoms with van der Waals surface area (Å²) in [6.07, 6.45) is -0.230. The van der Waals surface area contributed by atoms with Gasteiger partial charge in [0.25, 0.3) is 10.1 Å². The average molecular weight is 666 g/mol. The lowest BCUT2D eigenvalue weighted by atomic mass is 9.91. The van der Waals surface area contributed by atoms with Crippen LogP contribution in [-0.2, 0) is 32.3 Å². The van der Waals surface area contributed by atoms with Crippen molar-refractivity contribution in [3.8, 4) is 6.07 Å². The van der Waals surface area contributed by atoms with Gasteiger partial charge in [0.05, 0.1) is 17.4 Å². The number of halogens is 3. The molecule has 3 heterocycles. The van der Waals surface area contributed by atoms with E-state index in [1.807, 2.05) is 12.1 Å². The molecular formula is C30H38F3N7O5S. The molecule has 2 aliphatic heterocycles. The van der Waals surface area contributed by atoms with Crippen molar-refractivity contribution in [1.29, 1.82) is 5.26 Å². The van der Waals surface area contributed by atoms with Crippen LogP contribution in [0, 0.1) is 17.2 Å². The summed E-state index contributed by atoms with van der Waals surface area (Å²) in [7, 11) is -4.14. The summed E-state index contributed by atoms with van der Waals surface area (Å²) in [6.45, 7) is 1.49. The molecule has 1 aromatic carbocycles. The van der Waals surface area contributed by atoms with Crippen molar-refractivity contribution >= 4 is 33.6 Å². The fraction of sp³-hybridized carbons (Fsp3) is 0.567. The minimum atomic E-state index is -4.77. The first-order valence-electron chi connectivity index (χ1n) is 15.3. The van der Waals surface area contributed by atoms with Crippen LogP contribution < -0.4 is 20.4 Å². The van der Waals surface area contributed by atoms with Gasteiger partial charge in [-0.15, -0.1) is 0 Å².